The first kappa shape index (κ1) is 27.2. The Labute approximate surface area is 235 Å². The third-order valence-corrected chi connectivity index (χ3v) is 7.94. The number of β-lactam (4-membered cyclic amide) rings is 1. The molecule has 0 spiro atoms. The minimum Gasteiger partial charge on any atom is -0.434 e. The van der Waals surface area contributed by atoms with Gasteiger partial charge in [-0.05, 0) is 37.5 Å². The number of likely N-dealkylation sites (N-methyl/N-ethyl adjacent to an activating group) is 1. The van der Waals surface area contributed by atoms with E-state index in [1.165, 1.54) is 15.8 Å². The van der Waals surface area contributed by atoms with E-state index in [1.807, 2.05) is 0 Å². The van der Waals surface area contributed by atoms with Crippen LogP contribution in [0, 0.1) is 17.8 Å². The Morgan fingerprint density at radius 3 is 2.63 bits per heavy atom. The predicted molar refractivity (Wildman–Crippen MR) is 141 cm³/mol. The van der Waals surface area contributed by atoms with E-state index >= 15 is 0 Å². The minimum absolute atomic E-state index is 0.0766. The Hall–Kier alpha value is -4.00. The summed E-state index contributed by atoms with van der Waals surface area (Å²) in [6, 6.07) is 0.0766. The molecule has 1 aliphatic carbocycles. The summed E-state index contributed by atoms with van der Waals surface area (Å²) in [6.45, 7) is 1.46. The molecule has 4 fully saturated rings. The van der Waals surface area contributed by atoms with Crippen LogP contribution in [0.2, 0.25) is 0 Å². The first-order valence-electron chi connectivity index (χ1n) is 13.7. The van der Waals surface area contributed by atoms with Crippen molar-refractivity contribution < 1.29 is 34.1 Å². The molecular weight excluding hydrogens is 536 g/mol. The standard InChI is InChI=1S/C26H32N8O7/c1-32-11-15(24(32)38)40-26(39)33-9-7-13(8-10-33)3-2-4-16-30-21(27)17-22(31-16)34(12-28-17)25-19(36)18(35)20(41-25)23(37)29-14-5-6-14/h12-15,18-20,25,35-36H,3,5-11H2,1H3,(H,29,37)(H2,27,30,31)/t15?,18-,19+,20-,25+/m0/s1. The van der Waals surface area contributed by atoms with Crippen LogP contribution in [0.15, 0.2) is 6.33 Å². The summed E-state index contributed by atoms with van der Waals surface area (Å²) in [7, 11) is 1.66. The van der Waals surface area contributed by atoms with Gasteiger partial charge in [0, 0.05) is 32.6 Å². The third-order valence-electron chi connectivity index (χ3n) is 7.94. The fourth-order valence-corrected chi connectivity index (χ4v) is 5.23. The number of amides is 3. The molecule has 5 heterocycles. The molecule has 5 atom stereocenters. The lowest BCUT2D eigenvalue weighted by Gasteiger charge is -2.37. The second-order valence-corrected chi connectivity index (χ2v) is 11.0. The molecule has 2 aromatic rings. The van der Waals surface area contributed by atoms with Crippen LogP contribution in [0.4, 0.5) is 10.6 Å². The lowest BCUT2D eigenvalue weighted by atomic mass is 9.94. The van der Waals surface area contributed by atoms with E-state index in [0.29, 0.717) is 26.1 Å². The average molecular weight is 569 g/mol. The number of nitrogens with one attached hydrogen (secondary N) is 1. The maximum absolute atomic E-state index is 12.5. The van der Waals surface area contributed by atoms with E-state index < -0.39 is 42.6 Å². The summed E-state index contributed by atoms with van der Waals surface area (Å²) in [6.07, 6.45) is -1.15. The monoisotopic (exact) mass is 568 g/mol. The van der Waals surface area contributed by atoms with Crippen molar-refractivity contribution in [2.24, 2.45) is 5.92 Å². The second kappa shape index (κ2) is 10.8. The Morgan fingerprint density at radius 1 is 1.20 bits per heavy atom. The molecule has 1 saturated carbocycles. The predicted octanol–water partition coefficient (Wildman–Crippen LogP) is -1.26. The Balaban J connectivity index is 1.08. The van der Waals surface area contributed by atoms with Crippen molar-refractivity contribution in [3.05, 3.63) is 12.2 Å². The number of aliphatic hydroxyl groups is 2. The van der Waals surface area contributed by atoms with Gasteiger partial charge in [0.2, 0.25) is 5.82 Å². The highest BCUT2D eigenvalue weighted by atomic mass is 16.6. The fourth-order valence-electron chi connectivity index (χ4n) is 5.23. The lowest BCUT2D eigenvalue weighted by molar-refractivity contribution is -0.154. The molecule has 41 heavy (non-hydrogen) atoms. The summed E-state index contributed by atoms with van der Waals surface area (Å²) in [4.78, 5) is 52.5. The van der Waals surface area contributed by atoms with Gasteiger partial charge in [-0.3, -0.25) is 14.2 Å². The number of anilines is 1. The summed E-state index contributed by atoms with van der Waals surface area (Å²) in [5.74, 6) is 5.88. The molecular formula is C26H32N8O7. The number of hydrogen-bond donors (Lipinski definition) is 4. The Kier molecular flexibility index (Phi) is 7.14. The van der Waals surface area contributed by atoms with Gasteiger partial charge in [0.05, 0.1) is 12.9 Å². The SMILES string of the molecule is CN1CC(OC(=O)N2CCC(CC#Cc3nc(N)c4ncn([C@@H]5O[C@H](C(=O)NC6CC6)[C@@H](O)[C@H]5O)c4n3)CC2)C1=O. The maximum Gasteiger partial charge on any atom is 0.410 e. The van der Waals surface area contributed by atoms with Gasteiger partial charge >= 0.3 is 6.09 Å². The van der Waals surface area contributed by atoms with Crippen molar-refractivity contribution in [3.8, 4) is 11.8 Å². The zero-order valence-corrected chi connectivity index (χ0v) is 22.5. The van der Waals surface area contributed by atoms with Crippen LogP contribution in [0.5, 0.6) is 0 Å². The first-order chi connectivity index (χ1) is 19.7. The molecule has 0 radical (unpaired) electrons. The number of carbonyl (C=O) groups excluding carboxylic acids is 3. The van der Waals surface area contributed by atoms with Crippen molar-refractivity contribution in [2.75, 3.05) is 32.4 Å². The second-order valence-electron chi connectivity index (χ2n) is 11.0. The number of aromatic nitrogens is 4. The molecule has 3 saturated heterocycles. The number of piperidine rings is 1. The average Bonchev–Trinajstić information content (AvgIpc) is 3.60. The van der Waals surface area contributed by atoms with Gasteiger partial charge in [0.1, 0.15) is 17.7 Å². The van der Waals surface area contributed by atoms with Crippen molar-refractivity contribution in [1.29, 1.82) is 0 Å². The number of hydrogen-bond acceptors (Lipinski definition) is 11. The highest BCUT2D eigenvalue weighted by molar-refractivity contribution is 5.88. The van der Waals surface area contributed by atoms with E-state index in [2.05, 4.69) is 32.1 Å². The largest absolute Gasteiger partial charge is 0.434 e. The number of aliphatic hydroxyl groups excluding tert-OH is 2. The Morgan fingerprint density at radius 2 is 1.95 bits per heavy atom. The lowest BCUT2D eigenvalue weighted by Crippen LogP contribution is -2.57. The number of carbonyl (C=O) groups is 3. The van der Waals surface area contributed by atoms with Gasteiger partial charge < -0.3 is 40.5 Å². The van der Waals surface area contributed by atoms with E-state index in [1.54, 1.807) is 11.9 Å². The number of imidazole rings is 1. The number of nitrogens with zero attached hydrogens (tertiary/aromatic N) is 6. The topological polar surface area (TPSA) is 198 Å². The molecule has 6 rings (SSSR count). The van der Waals surface area contributed by atoms with Crippen molar-refractivity contribution in [2.45, 2.75) is 68.8 Å². The number of likely N-dealkylation sites (tertiary alicyclic amines) is 2. The molecule has 15 nitrogen and oxygen atoms in total. The number of rotatable bonds is 5. The molecule has 5 N–H and O–H groups in total. The molecule has 3 aliphatic heterocycles. The smallest absolute Gasteiger partial charge is 0.410 e. The number of nitrogen functional groups attached to an aromatic ring is 1. The van der Waals surface area contributed by atoms with Crippen LogP contribution >= 0.6 is 0 Å². The minimum atomic E-state index is -1.43. The van der Waals surface area contributed by atoms with Crippen LogP contribution < -0.4 is 11.1 Å². The fraction of sp³-hybridized carbons (Fsp3) is 0.615. The quantitative estimate of drug-likeness (QED) is 0.248. The van der Waals surface area contributed by atoms with Gasteiger partial charge in [-0.15, -0.1) is 0 Å². The van der Waals surface area contributed by atoms with E-state index in [9.17, 15) is 24.6 Å². The van der Waals surface area contributed by atoms with Gasteiger partial charge in [-0.25, -0.2) is 19.7 Å². The molecule has 15 heteroatoms. The van der Waals surface area contributed by atoms with Gasteiger partial charge in [0.25, 0.3) is 11.8 Å². The molecule has 1 unspecified atom stereocenters. The summed E-state index contributed by atoms with van der Waals surface area (Å²) in [5, 5.41) is 23.9. The number of fused-ring (bicyclic) bond motifs is 1. The maximum atomic E-state index is 12.5. The van der Waals surface area contributed by atoms with Crippen LogP contribution in [0.25, 0.3) is 11.2 Å². The molecule has 4 aliphatic rings. The van der Waals surface area contributed by atoms with Gasteiger partial charge in [-0.1, -0.05) is 5.92 Å². The normalized spacial score (nSPS) is 28.3. The van der Waals surface area contributed by atoms with Crippen molar-refractivity contribution >= 4 is 34.9 Å². The summed E-state index contributed by atoms with van der Waals surface area (Å²) in [5.41, 5.74) is 6.64. The zero-order valence-electron chi connectivity index (χ0n) is 22.5. The third kappa shape index (κ3) is 5.37. The number of nitrogens with two attached hydrogens (primary N) is 1. The van der Waals surface area contributed by atoms with E-state index in [0.717, 1.165) is 25.7 Å². The Bertz CT molecular complexity index is 1420. The van der Waals surface area contributed by atoms with Crippen LogP contribution in [0.3, 0.4) is 0 Å². The number of ether oxygens (including phenoxy) is 2. The molecule has 2 aromatic heterocycles. The zero-order chi connectivity index (χ0) is 28.8. The molecule has 0 bridgehead atoms. The first-order valence-corrected chi connectivity index (χ1v) is 13.7. The summed E-state index contributed by atoms with van der Waals surface area (Å²) >= 11 is 0. The highest BCUT2D eigenvalue weighted by Gasteiger charge is 2.48. The van der Waals surface area contributed by atoms with Crippen LogP contribution in [0.1, 0.15) is 44.2 Å². The van der Waals surface area contributed by atoms with Crippen molar-refractivity contribution in [1.82, 2.24) is 34.6 Å². The van der Waals surface area contributed by atoms with Gasteiger partial charge in [0.15, 0.2) is 29.9 Å². The van der Waals surface area contributed by atoms with Gasteiger partial charge in [-0.2, -0.15) is 0 Å². The van der Waals surface area contributed by atoms with Crippen molar-refractivity contribution in [3.63, 3.8) is 0 Å². The molecule has 0 aromatic carbocycles. The van der Waals surface area contributed by atoms with Crippen LogP contribution in [-0.2, 0) is 19.1 Å². The van der Waals surface area contributed by atoms with E-state index in [4.69, 9.17) is 15.2 Å². The molecule has 218 valence electrons. The van der Waals surface area contributed by atoms with Crippen LogP contribution in [-0.4, -0.2) is 115 Å². The highest BCUT2D eigenvalue weighted by Crippen LogP contribution is 2.33. The molecule has 3 amide bonds. The summed E-state index contributed by atoms with van der Waals surface area (Å²) < 4.78 is 12.5. The van der Waals surface area contributed by atoms with E-state index in [-0.39, 0.29) is 40.7 Å².